The lowest BCUT2D eigenvalue weighted by molar-refractivity contribution is 0.148. The molecule has 84 valence electrons. The number of hydrogen-bond donors (Lipinski definition) is 2. The van der Waals surface area contributed by atoms with Crippen molar-refractivity contribution in [2.75, 3.05) is 6.61 Å². The van der Waals surface area contributed by atoms with Gasteiger partial charge in [-0.1, -0.05) is 25.1 Å². The number of para-hydroxylation sites is 1. The van der Waals surface area contributed by atoms with Crippen molar-refractivity contribution in [2.45, 2.75) is 32.4 Å². The molecule has 0 heterocycles. The molecule has 1 rings (SSSR count). The normalized spacial score (nSPS) is 14.7. The first-order valence-electron chi connectivity index (χ1n) is 5.32. The smallest absolute Gasteiger partial charge is 0.125 e. The Bertz CT molecular complexity index is 299. The summed E-state index contributed by atoms with van der Waals surface area (Å²) in [6.07, 6.45) is 0.279. The van der Waals surface area contributed by atoms with E-state index in [0.717, 1.165) is 17.7 Å². The molecule has 0 bridgehead atoms. The fraction of sp³-hybridized carbons (Fsp3) is 0.500. The number of rotatable bonds is 5. The van der Waals surface area contributed by atoms with Crippen LogP contribution in [-0.2, 0) is 0 Å². The van der Waals surface area contributed by atoms with Crippen LogP contribution in [0.15, 0.2) is 24.3 Å². The van der Waals surface area contributed by atoms with Crippen LogP contribution in [-0.4, -0.2) is 17.8 Å². The minimum atomic E-state index is -0.668. The quantitative estimate of drug-likeness (QED) is 0.778. The monoisotopic (exact) mass is 209 g/mol. The first-order valence-corrected chi connectivity index (χ1v) is 5.32. The van der Waals surface area contributed by atoms with E-state index < -0.39 is 6.10 Å². The summed E-state index contributed by atoms with van der Waals surface area (Å²) >= 11 is 0. The van der Waals surface area contributed by atoms with Crippen molar-refractivity contribution >= 4 is 0 Å². The summed E-state index contributed by atoms with van der Waals surface area (Å²) in [7, 11) is 0. The second-order valence-corrected chi connectivity index (χ2v) is 3.69. The molecule has 2 atom stereocenters. The van der Waals surface area contributed by atoms with Crippen LogP contribution in [0.5, 0.6) is 5.75 Å². The van der Waals surface area contributed by atoms with Gasteiger partial charge in [-0.3, -0.25) is 0 Å². The molecule has 0 aliphatic carbocycles. The molecule has 0 saturated heterocycles. The predicted octanol–water partition coefficient (Wildman–Crippen LogP) is 1.86. The molecule has 0 saturated carbocycles. The average molecular weight is 209 g/mol. The molecule has 1 aromatic carbocycles. The van der Waals surface area contributed by atoms with Crippen LogP contribution in [0, 0.1) is 0 Å². The van der Waals surface area contributed by atoms with Gasteiger partial charge in [0.05, 0.1) is 12.7 Å². The standard InChI is InChI=1S/C12H19NO2/c1-3-8-15-11-7-5-4-6-10(11)12(14)9(2)13/h4-7,9,12,14H,3,8,13H2,1-2H3/t9-,12-/m1/s1. The summed E-state index contributed by atoms with van der Waals surface area (Å²) in [5, 5.41) is 9.87. The first kappa shape index (κ1) is 12.0. The highest BCUT2D eigenvalue weighted by Gasteiger charge is 2.16. The van der Waals surface area contributed by atoms with Crippen LogP contribution in [0.3, 0.4) is 0 Å². The van der Waals surface area contributed by atoms with Gasteiger partial charge in [0, 0.05) is 11.6 Å². The van der Waals surface area contributed by atoms with E-state index in [1.54, 1.807) is 6.92 Å². The Morgan fingerprint density at radius 1 is 1.40 bits per heavy atom. The first-order chi connectivity index (χ1) is 7.16. The van der Waals surface area contributed by atoms with Crippen molar-refractivity contribution in [3.63, 3.8) is 0 Å². The zero-order chi connectivity index (χ0) is 11.3. The van der Waals surface area contributed by atoms with Gasteiger partial charge in [-0.05, 0) is 19.4 Å². The molecule has 0 aliphatic heterocycles. The molecule has 3 nitrogen and oxygen atoms in total. The van der Waals surface area contributed by atoms with Crippen molar-refractivity contribution < 1.29 is 9.84 Å². The maximum atomic E-state index is 9.87. The average Bonchev–Trinajstić information content (AvgIpc) is 2.25. The van der Waals surface area contributed by atoms with Crippen molar-refractivity contribution in [3.05, 3.63) is 29.8 Å². The maximum Gasteiger partial charge on any atom is 0.125 e. The van der Waals surface area contributed by atoms with Crippen LogP contribution in [0.4, 0.5) is 0 Å². The lowest BCUT2D eigenvalue weighted by atomic mass is 10.0. The number of nitrogens with two attached hydrogens (primary N) is 1. The lowest BCUT2D eigenvalue weighted by Gasteiger charge is -2.18. The zero-order valence-electron chi connectivity index (χ0n) is 9.31. The van der Waals surface area contributed by atoms with E-state index >= 15 is 0 Å². The minimum absolute atomic E-state index is 0.295. The van der Waals surface area contributed by atoms with Gasteiger partial charge < -0.3 is 15.6 Å². The van der Waals surface area contributed by atoms with E-state index in [9.17, 15) is 5.11 Å². The molecule has 0 spiro atoms. The van der Waals surface area contributed by atoms with Crippen molar-refractivity contribution in [2.24, 2.45) is 5.73 Å². The van der Waals surface area contributed by atoms with Crippen molar-refractivity contribution in [1.82, 2.24) is 0 Å². The fourth-order valence-corrected chi connectivity index (χ4v) is 1.35. The molecule has 3 N–H and O–H groups in total. The Balaban J connectivity index is 2.85. The van der Waals surface area contributed by atoms with Gasteiger partial charge in [-0.15, -0.1) is 0 Å². The van der Waals surface area contributed by atoms with E-state index in [2.05, 4.69) is 0 Å². The molecule has 0 unspecified atom stereocenters. The van der Waals surface area contributed by atoms with Gasteiger partial charge in [0.1, 0.15) is 5.75 Å². The topological polar surface area (TPSA) is 55.5 Å². The Morgan fingerprint density at radius 3 is 2.67 bits per heavy atom. The largest absolute Gasteiger partial charge is 0.493 e. The molecule has 0 fully saturated rings. The van der Waals surface area contributed by atoms with Crippen molar-refractivity contribution in [1.29, 1.82) is 0 Å². The summed E-state index contributed by atoms with van der Waals surface area (Å²) in [6.45, 7) is 4.48. The predicted molar refractivity (Wildman–Crippen MR) is 60.8 cm³/mol. The molecular formula is C12H19NO2. The van der Waals surface area contributed by atoms with Gasteiger partial charge in [-0.25, -0.2) is 0 Å². The lowest BCUT2D eigenvalue weighted by Crippen LogP contribution is -2.24. The van der Waals surface area contributed by atoms with Crippen LogP contribution in [0.1, 0.15) is 31.9 Å². The van der Waals surface area contributed by atoms with Crippen LogP contribution >= 0.6 is 0 Å². The van der Waals surface area contributed by atoms with Crippen LogP contribution < -0.4 is 10.5 Å². The summed E-state index contributed by atoms with van der Waals surface area (Å²) in [4.78, 5) is 0. The van der Waals surface area contributed by atoms with Gasteiger partial charge in [0.15, 0.2) is 0 Å². The molecule has 3 heteroatoms. The van der Waals surface area contributed by atoms with E-state index in [0.29, 0.717) is 6.61 Å². The van der Waals surface area contributed by atoms with Gasteiger partial charge in [0.2, 0.25) is 0 Å². The van der Waals surface area contributed by atoms with E-state index in [-0.39, 0.29) is 6.04 Å². The summed E-state index contributed by atoms with van der Waals surface area (Å²) < 4.78 is 5.54. The summed E-state index contributed by atoms with van der Waals surface area (Å²) in [5.74, 6) is 0.726. The summed E-state index contributed by atoms with van der Waals surface area (Å²) in [6, 6.07) is 7.17. The maximum absolute atomic E-state index is 9.87. The number of benzene rings is 1. The van der Waals surface area contributed by atoms with Gasteiger partial charge in [0.25, 0.3) is 0 Å². The van der Waals surface area contributed by atoms with E-state index in [4.69, 9.17) is 10.5 Å². The van der Waals surface area contributed by atoms with E-state index in [1.807, 2.05) is 31.2 Å². The Kier molecular flexibility index (Phi) is 4.59. The second kappa shape index (κ2) is 5.73. The molecule has 0 aromatic heterocycles. The molecule has 15 heavy (non-hydrogen) atoms. The number of ether oxygens (including phenoxy) is 1. The Hall–Kier alpha value is -1.06. The molecule has 0 aliphatic rings. The van der Waals surface area contributed by atoms with E-state index in [1.165, 1.54) is 0 Å². The zero-order valence-corrected chi connectivity index (χ0v) is 9.31. The SMILES string of the molecule is CCCOc1ccccc1[C@H](O)[C@@H](C)N. The number of aliphatic hydroxyl groups is 1. The Labute approximate surface area is 90.9 Å². The second-order valence-electron chi connectivity index (χ2n) is 3.69. The third-order valence-electron chi connectivity index (χ3n) is 2.20. The Morgan fingerprint density at radius 2 is 2.07 bits per heavy atom. The highest BCUT2D eigenvalue weighted by molar-refractivity contribution is 5.35. The van der Waals surface area contributed by atoms with Crippen molar-refractivity contribution in [3.8, 4) is 5.75 Å². The highest BCUT2D eigenvalue weighted by Crippen LogP contribution is 2.26. The summed E-state index contributed by atoms with van der Waals surface area (Å²) in [5.41, 5.74) is 6.42. The molecule has 0 amide bonds. The van der Waals surface area contributed by atoms with Gasteiger partial charge in [-0.2, -0.15) is 0 Å². The van der Waals surface area contributed by atoms with Crippen LogP contribution in [0.25, 0.3) is 0 Å². The molecule has 1 aromatic rings. The molecule has 0 radical (unpaired) electrons. The third kappa shape index (κ3) is 3.22. The highest BCUT2D eigenvalue weighted by atomic mass is 16.5. The fourth-order valence-electron chi connectivity index (χ4n) is 1.35. The molecular weight excluding hydrogens is 190 g/mol. The van der Waals surface area contributed by atoms with Crippen LogP contribution in [0.2, 0.25) is 0 Å². The third-order valence-corrected chi connectivity index (χ3v) is 2.20. The van der Waals surface area contributed by atoms with Gasteiger partial charge >= 0.3 is 0 Å². The minimum Gasteiger partial charge on any atom is -0.493 e. The number of aliphatic hydroxyl groups excluding tert-OH is 1. The number of hydrogen-bond acceptors (Lipinski definition) is 3.